The van der Waals surface area contributed by atoms with Crippen molar-refractivity contribution in [2.75, 3.05) is 0 Å². The minimum absolute atomic E-state index is 0.0128. The Bertz CT molecular complexity index is 510. The Hall–Kier alpha value is -1.18. The van der Waals surface area contributed by atoms with Gasteiger partial charge < -0.3 is 10.2 Å². The second-order valence-corrected chi connectivity index (χ2v) is 8.59. The summed E-state index contributed by atoms with van der Waals surface area (Å²) in [6, 6.07) is 3.82. The number of hydrogen-bond acceptors (Lipinski definition) is 2. The number of hydrogen-bond donors (Lipinski definition) is 2. The molecule has 1 saturated carbocycles. The fraction of sp³-hybridized carbons (Fsp3) is 0.727. The largest absolute Gasteiger partial charge is 0.508 e. The third kappa shape index (κ3) is 4.68. The summed E-state index contributed by atoms with van der Waals surface area (Å²) in [7, 11) is 0. The smallest absolute Gasteiger partial charge is 0.123 e. The quantitative estimate of drug-likeness (QED) is 0.549. The van der Waals surface area contributed by atoms with Gasteiger partial charge >= 0.3 is 0 Å². The first-order valence-electron chi connectivity index (χ1n) is 9.91. The molecule has 2 heteroatoms. The highest BCUT2D eigenvalue weighted by Gasteiger charge is 2.28. The Morgan fingerprint density at radius 2 is 1.71 bits per heavy atom. The van der Waals surface area contributed by atoms with Gasteiger partial charge in [0.2, 0.25) is 0 Å². The molecule has 1 fully saturated rings. The molecule has 24 heavy (non-hydrogen) atoms. The molecule has 0 amide bonds. The minimum Gasteiger partial charge on any atom is -0.508 e. The van der Waals surface area contributed by atoms with Gasteiger partial charge in [0.05, 0.1) is 0 Å². The number of phenolic OH excluding ortho intramolecular Hbond substituents is 2. The Labute approximate surface area is 148 Å². The summed E-state index contributed by atoms with van der Waals surface area (Å²) in [4.78, 5) is 0. The SMILES string of the molecule is CCCCCCC(C)(C)c1cc(O)c([C@H]2CCC[C@H](C)C2)c(O)c1. The standard InChI is InChI=1S/C22H36O2/c1-5-6-7-8-12-22(3,4)18-14-19(23)21(20(24)15-18)17-11-9-10-16(2)13-17/h14-17,23-24H,5-13H2,1-4H3/t16-,17-/m0/s1. The van der Waals surface area contributed by atoms with Crippen LogP contribution < -0.4 is 0 Å². The van der Waals surface area contributed by atoms with Crippen LogP contribution in [-0.4, -0.2) is 10.2 Å². The van der Waals surface area contributed by atoms with E-state index in [-0.39, 0.29) is 5.41 Å². The molecule has 0 radical (unpaired) electrons. The maximum atomic E-state index is 10.6. The van der Waals surface area contributed by atoms with Gasteiger partial charge in [0.1, 0.15) is 11.5 Å². The highest BCUT2D eigenvalue weighted by Crippen LogP contribution is 2.45. The van der Waals surface area contributed by atoms with Crippen molar-refractivity contribution in [3.05, 3.63) is 23.3 Å². The average molecular weight is 333 g/mol. The number of phenols is 2. The van der Waals surface area contributed by atoms with Crippen LogP contribution >= 0.6 is 0 Å². The Kier molecular flexibility index (Phi) is 6.60. The molecule has 0 saturated heterocycles. The van der Waals surface area contributed by atoms with Gasteiger partial charge in [0, 0.05) is 5.56 Å². The average Bonchev–Trinajstić information content (AvgIpc) is 2.51. The molecule has 2 nitrogen and oxygen atoms in total. The molecule has 2 atom stereocenters. The molecule has 0 heterocycles. The fourth-order valence-corrected chi connectivity index (χ4v) is 4.27. The Balaban J connectivity index is 2.16. The minimum atomic E-state index is -0.0128. The predicted molar refractivity (Wildman–Crippen MR) is 102 cm³/mol. The molecule has 2 N–H and O–H groups in total. The lowest BCUT2D eigenvalue weighted by Crippen LogP contribution is -2.18. The van der Waals surface area contributed by atoms with Crippen molar-refractivity contribution in [3.63, 3.8) is 0 Å². The molecule has 1 aromatic rings. The van der Waals surface area contributed by atoms with E-state index in [9.17, 15) is 10.2 Å². The summed E-state index contributed by atoms with van der Waals surface area (Å²) in [5, 5.41) is 21.2. The lowest BCUT2D eigenvalue weighted by Gasteiger charge is -2.30. The third-order valence-electron chi connectivity index (χ3n) is 5.92. The summed E-state index contributed by atoms with van der Waals surface area (Å²) in [5.41, 5.74) is 1.83. The number of unbranched alkanes of at least 4 members (excludes halogenated alkanes) is 3. The van der Waals surface area contributed by atoms with Crippen molar-refractivity contribution >= 4 is 0 Å². The molecular formula is C22H36O2. The van der Waals surface area contributed by atoms with Gasteiger partial charge in [-0.25, -0.2) is 0 Å². The van der Waals surface area contributed by atoms with Crippen LogP contribution in [0.2, 0.25) is 0 Å². The summed E-state index contributed by atoms with van der Waals surface area (Å²) in [5.74, 6) is 1.57. The highest BCUT2D eigenvalue weighted by atomic mass is 16.3. The summed E-state index contributed by atoms with van der Waals surface area (Å²) in [6.45, 7) is 8.94. The van der Waals surface area contributed by atoms with E-state index < -0.39 is 0 Å². The van der Waals surface area contributed by atoms with Crippen molar-refractivity contribution in [2.24, 2.45) is 5.92 Å². The number of benzene rings is 1. The van der Waals surface area contributed by atoms with Crippen LogP contribution in [0.3, 0.4) is 0 Å². The molecule has 0 aromatic heterocycles. The number of rotatable bonds is 7. The van der Waals surface area contributed by atoms with Gasteiger partial charge in [-0.05, 0) is 54.2 Å². The summed E-state index contributed by atoms with van der Waals surface area (Å²) < 4.78 is 0. The highest BCUT2D eigenvalue weighted by molar-refractivity contribution is 5.50. The van der Waals surface area contributed by atoms with Gasteiger partial charge in [-0.3, -0.25) is 0 Å². The van der Waals surface area contributed by atoms with E-state index in [1.54, 1.807) is 0 Å². The second-order valence-electron chi connectivity index (χ2n) is 8.59. The molecule has 0 spiro atoms. The summed E-state index contributed by atoms with van der Waals surface area (Å²) >= 11 is 0. The van der Waals surface area contributed by atoms with Gasteiger partial charge in [0.15, 0.2) is 0 Å². The zero-order chi connectivity index (χ0) is 17.7. The van der Waals surface area contributed by atoms with Gasteiger partial charge in [0.25, 0.3) is 0 Å². The van der Waals surface area contributed by atoms with Crippen LogP contribution in [0.1, 0.15) is 103 Å². The van der Waals surface area contributed by atoms with Crippen LogP contribution in [0, 0.1) is 5.92 Å². The molecule has 1 aliphatic rings. The van der Waals surface area contributed by atoms with E-state index in [2.05, 4.69) is 27.7 Å². The Morgan fingerprint density at radius 3 is 2.29 bits per heavy atom. The molecule has 136 valence electrons. The van der Waals surface area contributed by atoms with Crippen molar-refractivity contribution in [1.29, 1.82) is 0 Å². The lowest BCUT2D eigenvalue weighted by molar-refractivity contribution is 0.326. The van der Waals surface area contributed by atoms with Crippen molar-refractivity contribution < 1.29 is 10.2 Å². The molecule has 2 rings (SSSR count). The van der Waals surface area contributed by atoms with Crippen molar-refractivity contribution in [1.82, 2.24) is 0 Å². The van der Waals surface area contributed by atoms with Crippen LogP contribution in [0.15, 0.2) is 12.1 Å². The predicted octanol–water partition coefficient (Wildman–Crippen LogP) is 6.64. The van der Waals surface area contributed by atoms with Crippen LogP contribution in [0.4, 0.5) is 0 Å². The fourth-order valence-electron chi connectivity index (χ4n) is 4.27. The first kappa shape index (κ1) is 19.1. The van der Waals surface area contributed by atoms with Crippen molar-refractivity contribution in [3.8, 4) is 11.5 Å². The van der Waals surface area contributed by atoms with E-state index in [0.717, 1.165) is 30.4 Å². The van der Waals surface area contributed by atoms with Crippen LogP contribution in [0.25, 0.3) is 0 Å². The van der Waals surface area contributed by atoms with Gasteiger partial charge in [-0.15, -0.1) is 0 Å². The van der Waals surface area contributed by atoms with E-state index in [1.807, 2.05) is 12.1 Å². The van der Waals surface area contributed by atoms with E-state index in [0.29, 0.717) is 23.3 Å². The molecule has 1 aliphatic carbocycles. The monoisotopic (exact) mass is 332 g/mol. The maximum Gasteiger partial charge on any atom is 0.123 e. The van der Waals surface area contributed by atoms with E-state index in [4.69, 9.17) is 0 Å². The van der Waals surface area contributed by atoms with Crippen molar-refractivity contribution in [2.45, 2.75) is 96.8 Å². The zero-order valence-electron chi connectivity index (χ0n) is 16.1. The normalized spacial score (nSPS) is 21.8. The van der Waals surface area contributed by atoms with Gasteiger partial charge in [-0.1, -0.05) is 66.2 Å². The van der Waals surface area contributed by atoms with E-state index in [1.165, 1.54) is 38.5 Å². The third-order valence-corrected chi connectivity index (χ3v) is 5.92. The van der Waals surface area contributed by atoms with E-state index >= 15 is 0 Å². The topological polar surface area (TPSA) is 40.5 Å². The number of aromatic hydroxyl groups is 2. The first-order chi connectivity index (χ1) is 11.3. The van der Waals surface area contributed by atoms with Crippen LogP contribution in [0.5, 0.6) is 11.5 Å². The maximum absolute atomic E-state index is 10.6. The molecule has 0 aliphatic heterocycles. The molecule has 0 unspecified atom stereocenters. The first-order valence-corrected chi connectivity index (χ1v) is 9.91. The lowest BCUT2D eigenvalue weighted by atomic mass is 9.75. The van der Waals surface area contributed by atoms with Crippen LogP contribution in [-0.2, 0) is 5.41 Å². The molecule has 0 bridgehead atoms. The molecule has 1 aromatic carbocycles. The second kappa shape index (κ2) is 8.27. The summed E-state index contributed by atoms with van der Waals surface area (Å²) in [6.07, 6.45) is 10.7. The van der Waals surface area contributed by atoms with Gasteiger partial charge in [-0.2, -0.15) is 0 Å². The zero-order valence-corrected chi connectivity index (χ0v) is 16.1. The molecular weight excluding hydrogens is 296 g/mol. The Morgan fingerprint density at radius 1 is 1.04 bits per heavy atom.